The number of aliphatic imine (C=N–C) groups is 1. The Morgan fingerprint density at radius 1 is 1.69 bits per heavy atom. The first-order valence-electron chi connectivity index (χ1n) is 3.76. The molecule has 1 N–H and O–H groups in total. The van der Waals surface area contributed by atoms with Crippen LogP contribution in [0.2, 0.25) is 0 Å². The van der Waals surface area contributed by atoms with Crippen molar-refractivity contribution in [1.82, 2.24) is 14.9 Å². The lowest BCUT2D eigenvalue weighted by atomic mass is 10.7. The molecular formula is C8H10N4O. The van der Waals surface area contributed by atoms with E-state index in [1.165, 1.54) is 23.4 Å². The third-order valence-electron chi connectivity index (χ3n) is 1.24. The Morgan fingerprint density at radius 2 is 2.54 bits per heavy atom. The van der Waals surface area contributed by atoms with Gasteiger partial charge in [0.15, 0.2) is 0 Å². The molecule has 0 saturated heterocycles. The third kappa shape index (κ3) is 2.90. The summed E-state index contributed by atoms with van der Waals surface area (Å²) in [7, 11) is 0. The number of rotatable bonds is 2. The number of amides is 1. The number of aromatic nitrogens is 2. The van der Waals surface area contributed by atoms with Gasteiger partial charge in [-0.2, -0.15) is 0 Å². The number of carbonyl (C=O) groups excluding carboxylic acids is 1. The average Bonchev–Trinajstić information content (AvgIpc) is 2.65. The molecule has 1 rings (SSSR count). The standard InChI is InChI=1S/C8H10N4O/c1-2-3-9-6-11-8(13)12-5-4-10-7-12/h2-7H,1H3,(H,9,11,13)/b3-2-. The summed E-state index contributed by atoms with van der Waals surface area (Å²) < 4.78 is 1.32. The van der Waals surface area contributed by atoms with Crippen molar-refractivity contribution < 1.29 is 4.79 Å². The topological polar surface area (TPSA) is 59.3 Å². The highest BCUT2D eigenvalue weighted by atomic mass is 16.2. The maximum absolute atomic E-state index is 11.2. The molecule has 1 amide bonds. The zero-order valence-corrected chi connectivity index (χ0v) is 7.21. The smallest absolute Gasteiger partial charge is 0.298 e. The van der Waals surface area contributed by atoms with E-state index < -0.39 is 0 Å². The minimum Gasteiger partial charge on any atom is -0.298 e. The second-order valence-corrected chi connectivity index (χ2v) is 2.18. The lowest BCUT2D eigenvalue weighted by Gasteiger charge is -1.96. The highest BCUT2D eigenvalue weighted by Gasteiger charge is 1.98. The van der Waals surface area contributed by atoms with Crippen LogP contribution in [0.25, 0.3) is 0 Å². The number of carbonyl (C=O) groups is 1. The van der Waals surface area contributed by atoms with Crippen molar-refractivity contribution in [2.24, 2.45) is 4.99 Å². The fourth-order valence-electron chi connectivity index (χ4n) is 0.675. The molecule has 1 heterocycles. The molecule has 5 nitrogen and oxygen atoms in total. The summed E-state index contributed by atoms with van der Waals surface area (Å²) in [4.78, 5) is 18.7. The molecule has 0 radical (unpaired) electrons. The number of hydrogen-bond donors (Lipinski definition) is 1. The van der Waals surface area contributed by atoms with E-state index in [9.17, 15) is 4.79 Å². The Hall–Kier alpha value is -1.91. The van der Waals surface area contributed by atoms with Crippen LogP contribution in [-0.4, -0.2) is 21.9 Å². The van der Waals surface area contributed by atoms with Gasteiger partial charge in [0.25, 0.3) is 0 Å². The molecule has 1 aromatic rings. The van der Waals surface area contributed by atoms with Crippen molar-refractivity contribution in [2.75, 3.05) is 0 Å². The fraction of sp³-hybridized carbons (Fsp3) is 0.125. The van der Waals surface area contributed by atoms with E-state index in [0.29, 0.717) is 0 Å². The van der Waals surface area contributed by atoms with Gasteiger partial charge in [0, 0.05) is 18.6 Å². The number of nitrogens with zero attached hydrogens (tertiary/aromatic N) is 3. The zero-order chi connectivity index (χ0) is 9.52. The van der Waals surface area contributed by atoms with Crippen LogP contribution in [0.3, 0.4) is 0 Å². The number of imidazole rings is 1. The van der Waals surface area contributed by atoms with Gasteiger partial charge in [-0.25, -0.2) is 14.8 Å². The average molecular weight is 178 g/mol. The molecule has 0 aliphatic rings. The van der Waals surface area contributed by atoms with Crippen molar-refractivity contribution in [2.45, 2.75) is 6.92 Å². The van der Waals surface area contributed by atoms with Crippen molar-refractivity contribution in [3.63, 3.8) is 0 Å². The van der Waals surface area contributed by atoms with Crippen LogP contribution in [0.4, 0.5) is 4.79 Å². The van der Waals surface area contributed by atoms with Gasteiger partial charge < -0.3 is 0 Å². The van der Waals surface area contributed by atoms with Crippen LogP contribution >= 0.6 is 0 Å². The van der Waals surface area contributed by atoms with Crippen LogP contribution in [-0.2, 0) is 0 Å². The van der Waals surface area contributed by atoms with Gasteiger partial charge in [-0.1, -0.05) is 6.08 Å². The summed E-state index contributed by atoms with van der Waals surface area (Å²) in [6.07, 6.45) is 9.16. The molecule has 0 spiro atoms. The Bertz CT molecular complexity index is 313. The first kappa shape index (κ1) is 9.18. The fourth-order valence-corrected chi connectivity index (χ4v) is 0.675. The monoisotopic (exact) mass is 178 g/mol. The summed E-state index contributed by atoms with van der Waals surface area (Å²) in [5.41, 5.74) is 0. The quantitative estimate of drug-likeness (QED) is 0.542. The van der Waals surface area contributed by atoms with E-state index in [1.54, 1.807) is 18.5 Å². The van der Waals surface area contributed by atoms with Crippen LogP contribution in [0.15, 0.2) is 36.0 Å². The second-order valence-electron chi connectivity index (χ2n) is 2.18. The summed E-state index contributed by atoms with van der Waals surface area (Å²) in [5, 5.41) is 2.46. The van der Waals surface area contributed by atoms with Gasteiger partial charge in [-0.3, -0.25) is 9.88 Å². The van der Waals surface area contributed by atoms with E-state index >= 15 is 0 Å². The van der Waals surface area contributed by atoms with Gasteiger partial charge in [0.1, 0.15) is 6.33 Å². The van der Waals surface area contributed by atoms with Crippen molar-refractivity contribution in [3.05, 3.63) is 31.0 Å². The zero-order valence-electron chi connectivity index (χ0n) is 7.21. The Kier molecular flexibility index (Phi) is 3.44. The molecular weight excluding hydrogens is 168 g/mol. The van der Waals surface area contributed by atoms with Gasteiger partial charge in [-0.15, -0.1) is 0 Å². The normalized spacial score (nSPS) is 11.2. The molecule has 0 aromatic carbocycles. The summed E-state index contributed by atoms with van der Waals surface area (Å²) in [6.45, 7) is 1.84. The minimum absolute atomic E-state index is 0.286. The molecule has 0 fully saturated rings. The Labute approximate surface area is 75.8 Å². The minimum atomic E-state index is -0.286. The second kappa shape index (κ2) is 4.87. The van der Waals surface area contributed by atoms with E-state index in [-0.39, 0.29) is 6.03 Å². The molecule has 0 saturated carbocycles. The molecule has 68 valence electrons. The molecule has 0 bridgehead atoms. The van der Waals surface area contributed by atoms with Crippen LogP contribution in [0, 0.1) is 0 Å². The molecule has 5 heteroatoms. The van der Waals surface area contributed by atoms with E-state index in [2.05, 4.69) is 15.3 Å². The van der Waals surface area contributed by atoms with E-state index in [4.69, 9.17) is 0 Å². The number of nitrogens with one attached hydrogen (secondary N) is 1. The summed E-state index contributed by atoms with van der Waals surface area (Å²) in [6, 6.07) is -0.286. The summed E-state index contributed by atoms with van der Waals surface area (Å²) in [5.74, 6) is 0. The van der Waals surface area contributed by atoms with Crippen molar-refractivity contribution in [1.29, 1.82) is 0 Å². The van der Waals surface area contributed by atoms with Crippen LogP contribution in [0.1, 0.15) is 6.92 Å². The van der Waals surface area contributed by atoms with E-state index in [1.807, 2.05) is 6.92 Å². The van der Waals surface area contributed by atoms with Crippen molar-refractivity contribution in [3.8, 4) is 0 Å². The van der Waals surface area contributed by atoms with Gasteiger partial charge >= 0.3 is 6.03 Å². The predicted octanol–water partition coefficient (Wildman–Crippen LogP) is 1.00. The van der Waals surface area contributed by atoms with Crippen LogP contribution in [0.5, 0.6) is 0 Å². The molecule has 0 unspecified atom stereocenters. The first-order valence-corrected chi connectivity index (χ1v) is 3.76. The van der Waals surface area contributed by atoms with Gasteiger partial charge in [0.2, 0.25) is 0 Å². The lowest BCUT2D eigenvalue weighted by molar-refractivity contribution is 0.247. The van der Waals surface area contributed by atoms with Crippen LogP contribution < -0.4 is 5.32 Å². The molecule has 1 aromatic heterocycles. The van der Waals surface area contributed by atoms with Gasteiger partial charge in [0.05, 0.1) is 6.34 Å². The Morgan fingerprint density at radius 3 is 3.15 bits per heavy atom. The highest BCUT2D eigenvalue weighted by molar-refractivity contribution is 5.87. The molecule has 0 atom stereocenters. The predicted molar refractivity (Wildman–Crippen MR) is 49.5 cm³/mol. The maximum Gasteiger partial charge on any atom is 0.331 e. The summed E-state index contributed by atoms with van der Waals surface area (Å²) >= 11 is 0. The van der Waals surface area contributed by atoms with E-state index in [0.717, 1.165) is 0 Å². The molecule has 0 aliphatic carbocycles. The third-order valence-corrected chi connectivity index (χ3v) is 1.24. The number of allylic oxidation sites excluding steroid dienone is 1. The van der Waals surface area contributed by atoms with Gasteiger partial charge in [-0.05, 0) is 6.92 Å². The lowest BCUT2D eigenvalue weighted by Crippen LogP contribution is -2.25. The Balaban J connectivity index is 2.43. The van der Waals surface area contributed by atoms with Crippen molar-refractivity contribution >= 4 is 12.4 Å². The highest BCUT2D eigenvalue weighted by Crippen LogP contribution is 1.82. The SMILES string of the molecule is C/C=C\N=CNC(=O)n1ccnc1. The molecule has 13 heavy (non-hydrogen) atoms. The largest absolute Gasteiger partial charge is 0.331 e. The first-order chi connectivity index (χ1) is 6.34. The number of hydrogen-bond acceptors (Lipinski definition) is 3. The molecule has 0 aliphatic heterocycles. The maximum atomic E-state index is 11.2.